The highest BCUT2D eigenvalue weighted by Crippen LogP contribution is 2.31. The molecule has 1 N–H and O–H groups in total. The second-order valence-electron chi connectivity index (χ2n) is 7.61. The van der Waals surface area contributed by atoms with Gasteiger partial charge in [0.25, 0.3) is 0 Å². The summed E-state index contributed by atoms with van der Waals surface area (Å²) in [5.41, 5.74) is 1.15. The van der Waals surface area contributed by atoms with Gasteiger partial charge in [-0.3, -0.25) is 13.9 Å². The summed E-state index contributed by atoms with van der Waals surface area (Å²) in [6.07, 6.45) is 1.37. The molecule has 0 radical (unpaired) electrons. The van der Waals surface area contributed by atoms with E-state index in [-0.39, 0.29) is 48.5 Å². The lowest BCUT2D eigenvalue weighted by Gasteiger charge is -2.29. The molecule has 0 saturated heterocycles. The van der Waals surface area contributed by atoms with Crippen LogP contribution in [-0.2, 0) is 26.2 Å². The lowest BCUT2D eigenvalue weighted by Crippen LogP contribution is -2.47. The van der Waals surface area contributed by atoms with Crippen LogP contribution in [0.5, 0.6) is 0 Å². The first-order valence-electron chi connectivity index (χ1n) is 10.6. The smallest absolute Gasteiger partial charge is 0.242 e. The molecule has 2 aromatic rings. The number of sulfonamides is 1. The number of hydrogen-bond acceptors (Lipinski definition) is 4. The van der Waals surface area contributed by atoms with Crippen LogP contribution in [0.4, 0.5) is 5.69 Å². The van der Waals surface area contributed by atoms with E-state index in [2.05, 4.69) is 5.32 Å². The van der Waals surface area contributed by atoms with Crippen LogP contribution in [0.2, 0.25) is 10.0 Å². The summed E-state index contributed by atoms with van der Waals surface area (Å²) in [6.45, 7) is 4.27. The van der Waals surface area contributed by atoms with Crippen molar-refractivity contribution in [3.63, 3.8) is 0 Å². The molecule has 1 atom stereocenters. The predicted octanol–water partition coefficient (Wildman–Crippen LogP) is 4.09. The molecule has 10 heteroatoms. The summed E-state index contributed by atoms with van der Waals surface area (Å²) in [4.78, 5) is 27.1. The van der Waals surface area contributed by atoms with Gasteiger partial charge in [-0.25, -0.2) is 8.42 Å². The highest BCUT2D eigenvalue weighted by molar-refractivity contribution is 7.92. The Hall–Kier alpha value is -2.29. The maximum absolute atomic E-state index is 13.1. The fourth-order valence-electron chi connectivity index (χ4n) is 3.34. The number of hydrogen-bond donors (Lipinski definition) is 1. The zero-order valence-electron chi connectivity index (χ0n) is 18.9. The molecule has 0 unspecified atom stereocenters. The average Bonchev–Trinajstić information content (AvgIpc) is 2.76. The summed E-state index contributed by atoms with van der Waals surface area (Å²) in [7, 11) is -3.66. The quantitative estimate of drug-likeness (QED) is 0.490. The third-order valence-electron chi connectivity index (χ3n) is 5.04. The second-order valence-corrected chi connectivity index (χ2v) is 10.4. The number of nitrogens with zero attached hydrogens (tertiary/aromatic N) is 2. The number of nitrogens with one attached hydrogen (secondary N) is 1. The minimum atomic E-state index is -3.66. The van der Waals surface area contributed by atoms with Gasteiger partial charge in [-0.2, -0.15) is 0 Å². The zero-order valence-corrected chi connectivity index (χ0v) is 21.3. The van der Waals surface area contributed by atoms with Crippen LogP contribution in [0.3, 0.4) is 0 Å². The van der Waals surface area contributed by atoms with Crippen LogP contribution < -0.4 is 9.62 Å². The van der Waals surface area contributed by atoms with Crippen molar-refractivity contribution in [2.75, 3.05) is 23.7 Å². The van der Waals surface area contributed by atoms with E-state index in [1.165, 1.54) is 17.0 Å². The summed E-state index contributed by atoms with van der Waals surface area (Å²) >= 11 is 12.2. The Kier molecular flexibility index (Phi) is 10.0. The van der Waals surface area contributed by atoms with Crippen molar-refractivity contribution in [3.8, 4) is 0 Å². The van der Waals surface area contributed by atoms with Crippen molar-refractivity contribution in [2.45, 2.75) is 39.3 Å². The SMILES string of the molecule is CCNC(=O)[C@H](C)N(Cc1ccccc1)C(=O)CCCN(c1cc(Cl)ccc1Cl)S(C)(=O)=O. The molecule has 0 aliphatic heterocycles. The zero-order chi connectivity index (χ0) is 24.6. The van der Waals surface area contributed by atoms with E-state index in [1.807, 2.05) is 37.3 Å². The van der Waals surface area contributed by atoms with Crippen LogP contribution in [0.15, 0.2) is 48.5 Å². The lowest BCUT2D eigenvalue weighted by atomic mass is 10.1. The number of halogens is 2. The number of carbonyl (C=O) groups is 2. The number of likely N-dealkylation sites (N-methyl/N-ethyl adjacent to an activating group) is 1. The van der Waals surface area contributed by atoms with Gasteiger partial charge in [-0.05, 0) is 44.0 Å². The lowest BCUT2D eigenvalue weighted by molar-refractivity contribution is -0.140. The minimum Gasteiger partial charge on any atom is -0.355 e. The first kappa shape index (κ1) is 27.0. The maximum atomic E-state index is 13.1. The molecule has 2 aromatic carbocycles. The Balaban J connectivity index is 2.16. The molecular formula is C23H29Cl2N3O4S. The van der Waals surface area contributed by atoms with Gasteiger partial charge in [0.05, 0.1) is 17.0 Å². The van der Waals surface area contributed by atoms with Crippen LogP contribution in [-0.4, -0.2) is 50.5 Å². The molecule has 0 aromatic heterocycles. The molecule has 7 nitrogen and oxygen atoms in total. The highest BCUT2D eigenvalue weighted by Gasteiger charge is 2.26. The van der Waals surface area contributed by atoms with Crippen molar-refractivity contribution >= 4 is 50.7 Å². The molecule has 0 aliphatic rings. The maximum Gasteiger partial charge on any atom is 0.242 e. The molecule has 2 amide bonds. The van der Waals surface area contributed by atoms with Gasteiger partial charge < -0.3 is 10.2 Å². The van der Waals surface area contributed by atoms with Crippen LogP contribution in [0, 0.1) is 0 Å². The van der Waals surface area contributed by atoms with Gasteiger partial charge in [0.1, 0.15) is 6.04 Å². The molecular weight excluding hydrogens is 485 g/mol. The van der Waals surface area contributed by atoms with Crippen LogP contribution in [0.25, 0.3) is 0 Å². The number of anilines is 1. The minimum absolute atomic E-state index is 0.0410. The summed E-state index contributed by atoms with van der Waals surface area (Å²) < 4.78 is 25.9. The molecule has 180 valence electrons. The molecule has 0 heterocycles. The van der Waals surface area contributed by atoms with Crippen LogP contribution >= 0.6 is 23.2 Å². The fourth-order valence-corrected chi connectivity index (χ4v) is 4.75. The Morgan fingerprint density at radius 1 is 1.09 bits per heavy atom. The van der Waals surface area contributed by atoms with E-state index < -0.39 is 16.1 Å². The van der Waals surface area contributed by atoms with E-state index in [4.69, 9.17) is 23.2 Å². The van der Waals surface area contributed by atoms with E-state index in [0.717, 1.165) is 16.1 Å². The first-order chi connectivity index (χ1) is 15.5. The number of rotatable bonds is 11. The van der Waals surface area contributed by atoms with Gasteiger partial charge in [0.15, 0.2) is 0 Å². The molecule has 0 fully saturated rings. The predicted molar refractivity (Wildman–Crippen MR) is 133 cm³/mol. The van der Waals surface area contributed by atoms with Crippen molar-refractivity contribution in [1.29, 1.82) is 0 Å². The molecule has 0 aliphatic carbocycles. The molecule has 0 spiro atoms. The third kappa shape index (κ3) is 7.91. The molecule has 33 heavy (non-hydrogen) atoms. The normalized spacial score (nSPS) is 12.2. The fraction of sp³-hybridized carbons (Fsp3) is 0.391. The molecule has 2 rings (SSSR count). The molecule has 0 saturated carbocycles. The summed E-state index contributed by atoms with van der Waals surface area (Å²) in [5, 5.41) is 3.34. The van der Waals surface area contributed by atoms with Gasteiger partial charge in [-0.1, -0.05) is 53.5 Å². The van der Waals surface area contributed by atoms with Crippen molar-refractivity contribution in [3.05, 3.63) is 64.1 Å². The van der Waals surface area contributed by atoms with Crippen LogP contribution in [0.1, 0.15) is 32.3 Å². The summed E-state index contributed by atoms with van der Waals surface area (Å²) in [5.74, 6) is -0.492. The standard InChI is InChI=1S/C23H29Cl2N3O4S/c1-4-26-23(30)17(2)27(16-18-9-6-5-7-10-18)22(29)11-8-14-28(33(3,31)32)21-15-19(24)12-13-20(21)25/h5-7,9-10,12-13,15,17H,4,8,11,14,16H2,1-3H3,(H,26,30)/t17-/m0/s1. The Labute approximate surface area is 205 Å². The van der Waals surface area contributed by atoms with E-state index in [0.29, 0.717) is 11.6 Å². The number of carbonyl (C=O) groups excluding carboxylic acids is 2. The van der Waals surface area contributed by atoms with Gasteiger partial charge >= 0.3 is 0 Å². The Bertz CT molecular complexity index is 1060. The van der Waals surface area contributed by atoms with E-state index in [9.17, 15) is 18.0 Å². The monoisotopic (exact) mass is 513 g/mol. The van der Waals surface area contributed by atoms with E-state index in [1.54, 1.807) is 13.0 Å². The number of benzene rings is 2. The largest absolute Gasteiger partial charge is 0.355 e. The van der Waals surface area contributed by atoms with Gasteiger partial charge in [0.2, 0.25) is 21.8 Å². The number of amides is 2. The van der Waals surface area contributed by atoms with Crippen molar-refractivity contribution < 1.29 is 18.0 Å². The third-order valence-corrected chi connectivity index (χ3v) is 6.78. The average molecular weight is 514 g/mol. The van der Waals surface area contributed by atoms with Crippen molar-refractivity contribution in [2.24, 2.45) is 0 Å². The van der Waals surface area contributed by atoms with Gasteiger partial charge in [-0.15, -0.1) is 0 Å². The summed E-state index contributed by atoms with van der Waals surface area (Å²) in [6, 6.07) is 13.3. The molecule has 0 bridgehead atoms. The second kappa shape index (κ2) is 12.3. The van der Waals surface area contributed by atoms with E-state index >= 15 is 0 Å². The Morgan fingerprint density at radius 3 is 2.36 bits per heavy atom. The highest BCUT2D eigenvalue weighted by atomic mass is 35.5. The van der Waals surface area contributed by atoms with Crippen molar-refractivity contribution in [1.82, 2.24) is 10.2 Å². The Morgan fingerprint density at radius 2 is 1.76 bits per heavy atom. The first-order valence-corrected chi connectivity index (χ1v) is 13.2. The van der Waals surface area contributed by atoms with Gasteiger partial charge in [0, 0.05) is 31.1 Å². The topological polar surface area (TPSA) is 86.8 Å².